The van der Waals surface area contributed by atoms with Gasteiger partial charge in [0, 0.05) is 18.5 Å². The molecule has 1 amide bonds. The molecule has 3 rings (SSSR count). The fraction of sp³-hybridized carbons (Fsp3) is 0.533. The number of piperidine rings is 1. The number of carbonyl (C=O) groups is 1. The molecule has 0 atom stereocenters. The third-order valence-corrected chi connectivity index (χ3v) is 3.91. The van der Waals surface area contributed by atoms with E-state index in [0.29, 0.717) is 12.3 Å². The number of anilines is 1. The summed E-state index contributed by atoms with van der Waals surface area (Å²) in [5, 5.41) is 6.32. The number of carbonyl (C=O) groups excluding carboxylic acids is 1. The lowest BCUT2D eigenvalue weighted by Gasteiger charge is -2.21. The Kier molecular flexibility index (Phi) is 5.26. The number of halogens is 1. The summed E-state index contributed by atoms with van der Waals surface area (Å²) in [5.74, 6) is 1.61. The summed E-state index contributed by atoms with van der Waals surface area (Å²) in [5.41, 5.74) is 2.09. The second kappa shape index (κ2) is 6.95. The molecule has 0 radical (unpaired) electrons. The van der Waals surface area contributed by atoms with Crippen LogP contribution in [0.2, 0.25) is 0 Å². The molecule has 1 aromatic carbocycles. The number of nitrogens with one attached hydrogen (secondary N) is 2. The summed E-state index contributed by atoms with van der Waals surface area (Å²) in [6.45, 7) is 2.82. The van der Waals surface area contributed by atoms with Gasteiger partial charge in [0.1, 0.15) is 5.75 Å². The molecule has 5 heteroatoms. The van der Waals surface area contributed by atoms with Crippen molar-refractivity contribution in [3.05, 3.63) is 23.8 Å². The van der Waals surface area contributed by atoms with Gasteiger partial charge in [-0.05, 0) is 55.6 Å². The molecule has 4 nitrogen and oxygen atoms in total. The van der Waals surface area contributed by atoms with Crippen LogP contribution in [0.25, 0.3) is 0 Å². The lowest BCUT2D eigenvalue weighted by molar-refractivity contribution is -0.117. The first kappa shape index (κ1) is 15.1. The lowest BCUT2D eigenvalue weighted by atomic mass is 9.94. The third-order valence-electron chi connectivity index (χ3n) is 3.91. The molecule has 0 spiro atoms. The minimum absolute atomic E-state index is 0. The zero-order chi connectivity index (χ0) is 13.1. The van der Waals surface area contributed by atoms with Gasteiger partial charge in [0.25, 0.3) is 0 Å². The highest BCUT2D eigenvalue weighted by atomic mass is 35.5. The van der Waals surface area contributed by atoms with Crippen LogP contribution in [0.3, 0.4) is 0 Å². The van der Waals surface area contributed by atoms with E-state index in [1.807, 2.05) is 18.2 Å². The summed E-state index contributed by atoms with van der Waals surface area (Å²) in [4.78, 5) is 12.0. The van der Waals surface area contributed by atoms with Crippen molar-refractivity contribution in [2.75, 3.05) is 25.0 Å². The van der Waals surface area contributed by atoms with Crippen LogP contribution in [0.5, 0.6) is 5.75 Å². The normalized spacial score (nSPS) is 17.8. The smallest absolute Gasteiger partial charge is 0.224 e. The Bertz CT molecular complexity index is 473. The molecule has 2 aliphatic heterocycles. The quantitative estimate of drug-likeness (QED) is 0.900. The van der Waals surface area contributed by atoms with Gasteiger partial charge in [0.2, 0.25) is 5.91 Å². The number of hydrogen-bond acceptors (Lipinski definition) is 3. The van der Waals surface area contributed by atoms with Crippen LogP contribution in [-0.4, -0.2) is 25.6 Å². The highest BCUT2D eigenvalue weighted by Crippen LogP contribution is 2.28. The van der Waals surface area contributed by atoms with E-state index in [1.165, 1.54) is 5.56 Å². The zero-order valence-electron chi connectivity index (χ0n) is 11.5. The van der Waals surface area contributed by atoms with Crippen molar-refractivity contribution < 1.29 is 9.53 Å². The van der Waals surface area contributed by atoms with Crippen molar-refractivity contribution in [3.8, 4) is 5.75 Å². The standard InChI is InChI=1S/C15H20N2O2.ClH/c18-15(9-11-3-6-16-7-4-11)17-13-1-2-14-12(10-13)5-8-19-14;/h1-2,10-11,16H,3-9H2,(H,17,18);1H. The number of rotatable bonds is 3. The van der Waals surface area contributed by atoms with Gasteiger partial charge >= 0.3 is 0 Å². The Hall–Kier alpha value is -1.26. The second-order valence-corrected chi connectivity index (χ2v) is 5.37. The van der Waals surface area contributed by atoms with Crippen LogP contribution in [-0.2, 0) is 11.2 Å². The van der Waals surface area contributed by atoms with Gasteiger partial charge < -0.3 is 15.4 Å². The van der Waals surface area contributed by atoms with Crippen molar-refractivity contribution in [1.82, 2.24) is 5.32 Å². The fourth-order valence-electron chi connectivity index (χ4n) is 2.82. The first-order valence-electron chi connectivity index (χ1n) is 7.07. The highest BCUT2D eigenvalue weighted by Gasteiger charge is 2.17. The van der Waals surface area contributed by atoms with Crippen molar-refractivity contribution in [2.24, 2.45) is 5.92 Å². The Morgan fingerprint density at radius 1 is 1.35 bits per heavy atom. The predicted octanol–water partition coefficient (Wildman–Crippen LogP) is 2.37. The Balaban J connectivity index is 0.00000147. The molecule has 1 fully saturated rings. The van der Waals surface area contributed by atoms with E-state index in [-0.39, 0.29) is 18.3 Å². The molecule has 2 N–H and O–H groups in total. The van der Waals surface area contributed by atoms with Crippen LogP contribution in [0.4, 0.5) is 5.69 Å². The Morgan fingerprint density at radius 2 is 2.15 bits per heavy atom. The Morgan fingerprint density at radius 3 is 2.95 bits per heavy atom. The highest BCUT2D eigenvalue weighted by molar-refractivity contribution is 5.91. The number of hydrogen-bond donors (Lipinski definition) is 2. The van der Waals surface area contributed by atoms with Gasteiger partial charge in [-0.25, -0.2) is 0 Å². The van der Waals surface area contributed by atoms with Crippen LogP contribution >= 0.6 is 12.4 Å². The number of benzene rings is 1. The van der Waals surface area contributed by atoms with Crippen molar-refractivity contribution in [3.63, 3.8) is 0 Å². The van der Waals surface area contributed by atoms with E-state index < -0.39 is 0 Å². The monoisotopic (exact) mass is 296 g/mol. The van der Waals surface area contributed by atoms with Gasteiger partial charge in [-0.3, -0.25) is 4.79 Å². The molecule has 2 heterocycles. The molecule has 0 saturated carbocycles. The van der Waals surface area contributed by atoms with E-state index in [0.717, 1.165) is 50.4 Å². The molecule has 0 aliphatic carbocycles. The maximum Gasteiger partial charge on any atom is 0.224 e. The van der Waals surface area contributed by atoms with Crippen LogP contribution in [0.15, 0.2) is 18.2 Å². The Labute approximate surface area is 125 Å². The summed E-state index contributed by atoms with van der Waals surface area (Å²) >= 11 is 0. The number of amides is 1. The average Bonchev–Trinajstić information content (AvgIpc) is 2.87. The maximum atomic E-state index is 12.0. The average molecular weight is 297 g/mol. The SMILES string of the molecule is Cl.O=C(CC1CCNCC1)Nc1ccc2c(c1)CCO2. The minimum atomic E-state index is 0. The largest absolute Gasteiger partial charge is 0.493 e. The molecule has 0 unspecified atom stereocenters. The molecule has 110 valence electrons. The van der Waals surface area contributed by atoms with E-state index >= 15 is 0 Å². The van der Waals surface area contributed by atoms with Gasteiger partial charge in [-0.15, -0.1) is 12.4 Å². The lowest BCUT2D eigenvalue weighted by Crippen LogP contribution is -2.30. The molecule has 0 bridgehead atoms. The van der Waals surface area contributed by atoms with Gasteiger partial charge in [-0.1, -0.05) is 0 Å². The van der Waals surface area contributed by atoms with E-state index in [4.69, 9.17) is 4.74 Å². The van der Waals surface area contributed by atoms with E-state index in [9.17, 15) is 4.79 Å². The zero-order valence-corrected chi connectivity index (χ0v) is 12.3. The number of ether oxygens (including phenoxy) is 1. The molecule has 1 aromatic rings. The van der Waals surface area contributed by atoms with Gasteiger partial charge in [0.05, 0.1) is 6.61 Å². The number of fused-ring (bicyclic) bond motifs is 1. The summed E-state index contributed by atoms with van der Waals surface area (Å²) in [6.07, 6.45) is 3.78. The predicted molar refractivity (Wildman–Crippen MR) is 81.7 cm³/mol. The molecule has 2 aliphatic rings. The fourth-order valence-corrected chi connectivity index (χ4v) is 2.82. The van der Waals surface area contributed by atoms with Crippen LogP contribution in [0.1, 0.15) is 24.8 Å². The van der Waals surface area contributed by atoms with Crippen LogP contribution in [0, 0.1) is 5.92 Å². The van der Waals surface area contributed by atoms with Gasteiger partial charge in [0.15, 0.2) is 0 Å². The first-order chi connectivity index (χ1) is 9.31. The van der Waals surface area contributed by atoms with Crippen molar-refractivity contribution in [2.45, 2.75) is 25.7 Å². The molecule has 20 heavy (non-hydrogen) atoms. The molecule has 1 saturated heterocycles. The summed E-state index contributed by atoms with van der Waals surface area (Å²) < 4.78 is 5.46. The van der Waals surface area contributed by atoms with E-state index in [2.05, 4.69) is 10.6 Å². The molecular formula is C15H21ClN2O2. The second-order valence-electron chi connectivity index (χ2n) is 5.37. The molecular weight excluding hydrogens is 276 g/mol. The molecule has 0 aromatic heterocycles. The van der Waals surface area contributed by atoms with Crippen molar-refractivity contribution in [1.29, 1.82) is 0 Å². The van der Waals surface area contributed by atoms with Crippen molar-refractivity contribution >= 4 is 24.0 Å². The summed E-state index contributed by atoms with van der Waals surface area (Å²) in [7, 11) is 0. The minimum Gasteiger partial charge on any atom is -0.493 e. The third kappa shape index (κ3) is 3.64. The van der Waals surface area contributed by atoms with Gasteiger partial charge in [-0.2, -0.15) is 0 Å². The van der Waals surface area contributed by atoms with E-state index in [1.54, 1.807) is 0 Å². The first-order valence-corrected chi connectivity index (χ1v) is 7.07. The maximum absolute atomic E-state index is 12.0. The summed E-state index contributed by atoms with van der Waals surface area (Å²) in [6, 6.07) is 5.90. The van der Waals surface area contributed by atoms with Crippen LogP contribution < -0.4 is 15.4 Å². The topological polar surface area (TPSA) is 50.4 Å².